The number of carboxylic acid groups (broad SMARTS) is 1. The number of rotatable bonds is 4. The lowest BCUT2D eigenvalue weighted by molar-refractivity contribution is -0.152. The zero-order valence-corrected chi connectivity index (χ0v) is 10.0. The number of carboxylic acids is 1. The average Bonchev–Trinajstić information content (AvgIpc) is 2.80. The Kier molecular flexibility index (Phi) is 3.45. The van der Waals surface area contributed by atoms with Crippen molar-refractivity contribution in [2.24, 2.45) is 0 Å². The summed E-state index contributed by atoms with van der Waals surface area (Å²) in [6.45, 7) is 1.41. The summed E-state index contributed by atoms with van der Waals surface area (Å²) in [5.41, 5.74) is 0.236. The molecule has 92 valence electrons. The molecule has 0 aliphatic carbocycles. The first-order chi connectivity index (χ1) is 8.15. The Bertz CT molecular complexity index is 386. The Labute approximate surface area is 101 Å². The molecule has 0 aromatic heterocycles. The number of nitrogens with one attached hydrogen (secondary N) is 1. The van der Waals surface area contributed by atoms with Gasteiger partial charge >= 0.3 is 5.97 Å². The van der Waals surface area contributed by atoms with E-state index in [0.717, 1.165) is 18.5 Å². The topological polar surface area (TPSA) is 52.6 Å². The number of nitrogens with zero attached hydrogens (tertiary/aromatic N) is 1. The average molecular weight is 234 g/mol. The van der Waals surface area contributed by atoms with Gasteiger partial charge in [-0.3, -0.25) is 10.2 Å². The van der Waals surface area contributed by atoms with Crippen LogP contribution in [0.25, 0.3) is 0 Å². The molecule has 1 aliphatic heterocycles. The Morgan fingerprint density at radius 2 is 2.18 bits per heavy atom. The molecule has 0 amide bonds. The standard InChI is InChI=1S/C13H18N2O2/c1-15(10-11-6-3-2-4-7-11)13(12(16)17)8-5-9-14-13/h2-4,6-7,14H,5,8-10H2,1H3,(H,16,17)/t13-/m1/s1. The lowest BCUT2D eigenvalue weighted by Gasteiger charge is -2.35. The van der Waals surface area contributed by atoms with Gasteiger partial charge in [-0.25, -0.2) is 4.79 Å². The van der Waals surface area contributed by atoms with Gasteiger partial charge in [0.25, 0.3) is 0 Å². The molecule has 1 saturated heterocycles. The van der Waals surface area contributed by atoms with Crippen molar-refractivity contribution >= 4 is 5.97 Å². The molecule has 0 radical (unpaired) electrons. The highest BCUT2D eigenvalue weighted by molar-refractivity contribution is 5.78. The van der Waals surface area contributed by atoms with Crippen molar-refractivity contribution in [3.8, 4) is 0 Å². The first kappa shape index (κ1) is 12.1. The van der Waals surface area contributed by atoms with E-state index in [0.29, 0.717) is 13.0 Å². The molecule has 1 aliphatic rings. The number of aliphatic carboxylic acids is 1. The van der Waals surface area contributed by atoms with Crippen molar-refractivity contribution < 1.29 is 9.90 Å². The van der Waals surface area contributed by atoms with Crippen LogP contribution in [0.5, 0.6) is 0 Å². The highest BCUT2D eigenvalue weighted by atomic mass is 16.4. The molecule has 0 unspecified atom stereocenters. The Hall–Kier alpha value is -1.39. The molecule has 17 heavy (non-hydrogen) atoms. The highest BCUT2D eigenvalue weighted by Gasteiger charge is 2.44. The van der Waals surface area contributed by atoms with Gasteiger partial charge in [0.2, 0.25) is 0 Å². The van der Waals surface area contributed by atoms with Gasteiger partial charge in [0.05, 0.1) is 0 Å². The molecule has 1 atom stereocenters. The first-order valence-electron chi connectivity index (χ1n) is 5.89. The molecule has 4 nitrogen and oxygen atoms in total. The predicted molar refractivity (Wildman–Crippen MR) is 65.5 cm³/mol. The molecule has 4 heteroatoms. The molecule has 2 N–H and O–H groups in total. The van der Waals surface area contributed by atoms with Crippen LogP contribution in [-0.4, -0.2) is 35.2 Å². The fourth-order valence-corrected chi connectivity index (χ4v) is 2.39. The van der Waals surface area contributed by atoms with Crippen LogP contribution in [0.1, 0.15) is 18.4 Å². The van der Waals surface area contributed by atoms with Crippen LogP contribution in [0.15, 0.2) is 30.3 Å². The summed E-state index contributed by atoms with van der Waals surface area (Å²) >= 11 is 0. The fourth-order valence-electron chi connectivity index (χ4n) is 2.39. The van der Waals surface area contributed by atoms with E-state index in [4.69, 9.17) is 0 Å². The smallest absolute Gasteiger partial charge is 0.339 e. The normalized spacial score (nSPS) is 24.1. The molecule has 1 aromatic carbocycles. The molecule has 0 saturated carbocycles. The summed E-state index contributed by atoms with van der Waals surface area (Å²) < 4.78 is 0. The molecular weight excluding hydrogens is 216 g/mol. The van der Waals surface area contributed by atoms with Crippen LogP contribution in [0, 0.1) is 0 Å². The fraction of sp³-hybridized carbons (Fsp3) is 0.462. The minimum Gasteiger partial charge on any atom is -0.479 e. The number of benzene rings is 1. The second kappa shape index (κ2) is 4.85. The maximum atomic E-state index is 11.5. The largest absolute Gasteiger partial charge is 0.479 e. The third-order valence-corrected chi connectivity index (χ3v) is 3.40. The summed E-state index contributed by atoms with van der Waals surface area (Å²) in [6.07, 6.45) is 1.57. The highest BCUT2D eigenvalue weighted by Crippen LogP contribution is 2.24. The quantitative estimate of drug-likeness (QED) is 0.824. The van der Waals surface area contributed by atoms with Gasteiger partial charge in [-0.1, -0.05) is 30.3 Å². The van der Waals surface area contributed by atoms with E-state index in [9.17, 15) is 9.90 Å². The lowest BCUT2D eigenvalue weighted by atomic mass is 10.1. The number of hydrogen-bond donors (Lipinski definition) is 2. The van der Waals surface area contributed by atoms with E-state index in [2.05, 4.69) is 5.32 Å². The summed E-state index contributed by atoms with van der Waals surface area (Å²) in [4.78, 5) is 13.3. The molecule has 2 rings (SSSR count). The summed E-state index contributed by atoms with van der Waals surface area (Å²) in [5, 5.41) is 12.5. The molecule has 1 fully saturated rings. The summed E-state index contributed by atoms with van der Waals surface area (Å²) in [5.74, 6) is -0.784. The maximum Gasteiger partial charge on any atom is 0.339 e. The van der Waals surface area contributed by atoms with E-state index in [-0.39, 0.29) is 0 Å². The van der Waals surface area contributed by atoms with E-state index in [1.54, 1.807) is 0 Å². The van der Waals surface area contributed by atoms with Gasteiger partial charge in [-0.05, 0) is 32.0 Å². The van der Waals surface area contributed by atoms with Crippen LogP contribution in [-0.2, 0) is 11.3 Å². The summed E-state index contributed by atoms with van der Waals surface area (Å²) in [7, 11) is 1.86. The third-order valence-electron chi connectivity index (χ3n) is 3.40. The van der Waals surface area contributed by atoms with Crippen LogP contribution in [0.2, 0.25) is 0 Å². The SMILES string of the molecule is CN(Cc1ccccc1)[C@@]1(C(=O)O)CCCN1. The Morgan fingerprint density at radius 1 is 1.47 bits per heavy atom. The van der Waals surface area contributed by atoms with Crippen molar-refractivity contribution in [3.63, 3.8) is 0 Å². The second-order valence-electron chi connectivity index (χ2n) is 4.54. The van der Waals surface area contributed by atoms with Gasteiger partial charge in [-0.2, -0.15) is 0 Å². The van der Waals surface area contributed by atoms with Crippen molar-refractivity contribution in [1.29, 1.82) is 0 Å². The molecular formula is C13H18N2O2. The first-order valence-corrected chi connectivity index (χ1v) is 5.89. The van der Waals surface area contributed by atoms with Crippen LogP contribution in [0.3, 0.4) is 0 Å². The zero-order valence-electron chi connectivity index (χ0n) is 10.0. The number of likely N-dealkylation sites (N-methyl/N-ethyl adjacent to an activating group) is 1. The minimum absolute atomic E-state index is 0.639. The maximum absolute atomic E-state index is 11.5. The van der Waals surface area contributed by atoms with Gasteiger partial charge in [-0.15, -0.1) is 0 Å². The van der Waals surface area contributed by atoms with E-state index in [1.807, 2.05) is 42.3 Å². The molecule has 1 aromatic rings. The lowest BCUT2D eigenvalue weighted by Crippen LogP contribution is -2.59. The summed E-state index contributed by atoms with van der Waals surface area (Å²) in [6, 6.07) is 9.93. The van der Waals surface area contributed by atoms with E-state index >= 15 is 0 Å². The van der Waals surface area contributed by atoms with Gasteiger partial charge in [0.15, 0.2) is 5.66 Å². The van der Waals surface area contributed by atoms with Gasteiger partial charge in [0, 0.05) is 6.54 Å². The minimum atomic E-state index is -0.893. The Balaban J connectivity index is 2.13. The van der Waals surface area contributed by atoms with Gasteiger partial charge < -0.3 is 5.11 Å². The Morgan fingerprint density at radius 3 is 2.71 bits per heavy atom. The van der Waals surface area contributed by atoms with Crippen molar-refractivity contribution in [2.45, 2.75) is 25.0 Å². The van der Waals surface area contributed by atoms with Gasteiger partial charge in [0.1, 0.15) is 0 Å². The van der Waals surface area contributed by atoms with Crippen LogP contribution in [0.4, 0.5) is 0 Å². The number of carbonyl (C=O) groups is 1. The molecule has 0 bridgehead atoms. The monoisotopic (exact) mass is 234 g/mol. The van der Waals surface area contributed by atoms with Crippen LogP contribution >= 0.6 is 0 Å². The zero-order chi connectivity index (χ0) is 12.3. The second-order valence-corrected chi connectivity index (χ2v) is 4.54. The predicted octanol–water partition coefficient (Wildman–Crippen LogP) is 1.28. The van der Waals surface area contributed by atoms with Crippen molar-refractivity contribution in [3.05, 3.63) is 35.9 Å². The molecule has 0 spiro atoms. The van der Waals surface area contributed by atoms with Crippen molar-refractivity contribution in [2.75, 3.05) is 13.6 Å². The van der Waals surface area contributed by atoms with Crippen molar-refractivity contribution in [1.82, 2.24) is 10.2 Å². The van der Waals surface area contributed by atoms with Crippen LogP contribution < -0.4 is 5.32 Å². The number of hydrogen-bond acceptors (Lipinski definition) is 3. The molecule has 1 heterocycles. The van der Waals surface area contributed by atoms with E-state index in [1.165, 1.54) is 0 Å². The third kappa shape index (κ3) is 2.33. The van der Waals surface area contributed by atoms with E-state index < -0.39 is 11.6 Å².